The Bertz CT molecular complexity index is 1160. The lowest BCUT2D eigenvalue weighted by atomic mass is 9.82. The normalized spacial score (nSPS) is 20.4. The summed E-state index contributed by atoms with van der Waals surface area (Å²) in [6.07, 6.45) is 7.95. The van der Waals surface area contributed by atoms with Gasteiger partial charge in [0.15, 0.2) is 0 Å². The minimum absolute atomic E-state index is 0.00848. The van der Waals surface area contributed by atoms with Gasteiger partial charge >= 0.3 is 0 Å². The van der Waals surface area contributed by atoms with Crippen LogP contribution >= 0.6 is 0 Å². The molecule has 29 heavy (non-hydrogen) atoms. The Balaban J connectivity index is 1.47. The second-order valence-electron chi connectivity index (χ2n) is 8.21. The number of hydrogen-bond donors (Lipinski definition) is 0. The quantitative estimate of drug-likeness (QED) is 0.674. The molecule has 2 aliphatic heterocycles. The lowest BCUT2D eigenvalue weighted by Crippen LogP contribution is -2.49. The molecule has 0 unspecified atom stereocenters. The van der Waals surface area contributed by atoms with Crippen LogP contribution in [0.3, 0.4) is 0 Å². The number of piperidine rings is 1. The molecule has 5 heterocycles. The number of fused-ring (bicyclic) bond motifs is 4. The number of likely N-dealkylation sites (tertiary alicyclic amines) is 1. The van der Waals surface area contributed by atoms with E-state index < -0.39 is 0 Å². The Hall–Kier alpha value is -3.22. The van der Waals surface area contributed by atoms with E-state index in [1.54, 1.807) is 18.6 Å². The van der Waals surface area contributed by atoms with Crippen LogP contribution in [0, 0.1) is 12.8 Å². The molecule has 0 aromatic carbocycles. The first kappa shape index (κ1) is 17.8. The molecule has 7 nitrogen and oxygen atoms in total. The SMILES string of the molecule is Cc1cncc(C(=O)N2C[C@@H]3C[C@H](C2)c2ccc(-c4nccn4C)c(=O)n2C3)c1. The maximum atomic E-state index is 13.2. The zero-order valence-electron chi connectivity index (χ0n) is 16.6. The number of aryl methyl sites for hydroxylation is 2. The number of carbonyl (C=O) groups is 1. The van der Waals surface area contributed by atoms with Gasteiger partial charge in [-0.3, -0.25) is 14.6 Å². The second kappa shape index (κ2) is 6.69. The second-order valence-corrected chi connectivity index (χ2v) is 8.21. The third-order valence-electron chi connectivity index (χ3n) is 6.08. The molecule has 1 fully saturated rings. The van der Waals surface area contributed by atoms with E-state index in [0.717, 1.165) is 17.7 Å². The van der Waals surface area contributed by atoms with E-state index in [-0.39, 0.29) is 23.3 Å². The molecule has 0 N–H and O–H groups in total. The number of pyridine rings is 2. The molecule has 148 valence electrons. The number of carbonyl (C=O) groups excluding carboxylic acids is 1. The van der Waals surface area contributed by atoms with Crippen molar-refractivity contribution in [3.05, 3.63) is 70.2 Å². The van der Waals surface area contributed by atoms with E-state index in [1.165, 1.54) is 0 Å². The summed E-state index contributed by atoms with van der Waals surface area (Å²) in [5, 5.41) is 0. The average Bonchev–Trinajstić information content (AvgIpc) is 3.14. The molecule has 1 saturated heterocycles. The van der Waals surface area contributed by atoms with Crippen molar-refractivity contribution >= 4 is 5.91 Å². The van der Waals surface area contributed by atoms with Gasteiger partial charge in [0.1, 0.15) is 5.82 Å². The molecule has 0 spiro atoms. The molecule has 2 bridgehead atoms. The summed E-state index contributed by atoms with van der Waals surface area (Å²) in [5.74, 6) is 1.16. The van der Waals surface area contributed by atoms with Gasteiger partial charge in [-0.25, -0.2) is 4.98 Å². The highest BCUT2D eigenvalue weighted by Crippen LogP contribution is 2.36. The first-order chi connectivity index (χ1) is 14.0. The highest BCUT2D eigenvalue weighted by atomic mass is 16.2. The summed E-state index contributed by atoms with van der Waals surface area (Å²) in [4.78, 5) is 36.6. The number of aromatic nitrogens is 4. The fraction of sp³-hybridized carbons (Fsp3) is 0.364. The largest absolute Gasteiger partial charge is 0.338 e. The molecule has 3 aromatic heterocycles. The van der Waals surface area contributed by atoms with Crippen LogP contribution in [-0.4, -0.2) is 43.0 Å². The maximum Gasteiger partial charge on any atom is 0.261 e. The van der Waals surface area contributed by atoms with Crippen LogP contribution in [0.15, 0.2) is 47.8 Å². The van der Waals surface area contributed by atoms with Crippen molar-refractivity contribution < 1.29 is 4.79 Å². The van der Waals surface area contributed by atoms with E-state index in [9.17, 15) is 9.59 Å². The van der Waals surface area contributed by atoms with Crippen molar-refractivity contribution in [2.75, 3.05) is 13.1 Å². The smallest absolute Gasteiger partial charge is 0.261 e. The Morgan fingerprint density at radius 3 is 2.79 bits per heavy atom. The fourth-order valence-corrected chi connectivity index (χ4v) is 4.76. The van der Waals surface area contributed by atoms with Crippen LogP contribution in [0.25, 0.3) is 11.4 Å². The van der Waals surface area contributed by atoms with Crippen LogP contribution in [0.2, 0.25) is 0 Å². The number of nitrogens with zero attached hydrogens (tertiary/aromatic N) is 5. The van der Waals surface area contributed by atoms with Gasteiger partial charge in [0, 0.05) is 63.1 Å². The Morgan fingerprint density at radius 1 is 1.17 bits per heavy atom. The minimum Gasteiger partial charge on any atom is -0.338 e. The average molecular weight is 389 g/mol. The molecular formula is C22H23N5O2. The highest BCUT2D eigenvalue weighted by molar-refractivity contribution is 5.94. The molecule has 5 rings (SSSR count). The fourth-order valence-electron chi connectivity index (χ4n) is 4.76. The molecule has 7 heteroatoms. The monoisotopic (exact) mass is 389 g/mol. The minimum atomic E-state index is 0.00848. The topological polar surface area (TPSA) is 73.0 Å². The van der Waals surface area contributed by atoms with Crippen molar-refractivity contribution in [2.24, 2.45) is 13.0 Å². The van der Waals surface area contributed by atoms with Crippen LogP contribution in [0.1, 0.15) is 34.0 Å². The van der Waals surface area contributed by atoms with Crippen molar-refractivity contribution in [2.45, 2.75) is 25.8 Å². The standard InChI is InChI=1S/C22H23N5O2/c1-14-7-16(10-23-9-14)21(28)26-11-15-8-17(13-26)19-4-3-18(22(29)27(19)12-15)20-24-5-6-25(20)2/h3-7,9-10,15,17H,8,11-13H2,1-2H3/t15-,17+/m0/s1. The lowest BCUT2D eigenvalue weighted by Gasteiger charge is -2.43. The molecular weight excluding hydrogens is 366 g/mol. The van der Waals surface area contributed by atoms with Crippen molar-refractivity contribution in [3.63, 3.8) is 0 Å². The van der Waals surface area contributed by atoms with Gasteiger partial charge < -0.3 is 14.0 Å². The van der Waals surface area contributed by atoms with Crippen molar-refractivity contribution in [1.29, 1.82) is 0 Å². The molecule has 0 saturated carbocycles. The molecule has 1 amide bonds. The first-order valence-electron chi connectivity index (χ1n) is 9.93. The summed E-state index contributed by atoms with van der Waals surface area (Å²) in [5.41, 5.74) is 3.26. The zero-order chi connectivity index (χ0) is 20.1. The van der Waals surface area contributed by atoms with Gasteiger partial charge in [-0.1, -0.05) is 0 Å². The Kier molecular flexibility index (Phi) is 4.12. The van der Waals surface area contributed by atoms with Gasteiger partial charge in [-0.05, 0) is 43.0 Å². The predicted octanol–water partition coefficient (Wildman–Crippen LogP) is 2.21. The molecule has 0 radical (unpaired) electrons. The molecule has 0 aliphatic carbocycles. The number of amides is 1. The third-order valence-corrected chi connectivity index (χ3v) is 6.08. The number of imidazole rings is 1. The maximum absolute atomic E-state index is 13.2. The third kappa shape index (κ3) is 2.97. The van der Waals surface area contributed by atoms with E-state index in [4.69, 9.17) is 0 Å². The highest BCUT2D eigenvalue weighted by Gasteiger charge is 2.37. The van der Waals surface area contributed by atoms with Crippen molar-refractivity contribution in [3.8, 4) is 11.4 Å². The van der Waals surface area contributed by atoms with Crippen molar-refractivity contribution in [1.82, 2.24) is 24.0 Å². The van der Waals surface area contributed by atoms with Crippen LogP contribution in [0.4, 0.5) is 0 Å². The van der Waals surface area contributed by atoms with Gasteiger partial charge in [-0.15, -0.1) is 0 Å². The predicted molar refractivity (Wildman–Crippen MR) is 109 cm³/mol. The van der Waals surface area contributed by atoms with Gasteiger partial charge in [0.05, 0.1) is 11.1 Å². The Morgan fingerprint density at radius 2 is 2.03 bits per heavy atom. The number of rotatable bonds is 2. The summed E-state index contributed by atoms with van der Waals surface area (Å²) in [7, 11) is 1.89. The van der Waals surface area contributed by atoms with Crippen LogP contribution in [-0.2, 0) is 13.6 Å². The lowest BCUT2D eigenvalue weighted by molar-refractivity contribution is 0.0594. The zero-order valence-corrected chi connectivity index (χ0v) is 16.6. The van der Waals surface area contributed by atoms with E-state index in [0.29, 0.717) is 36.6 Å². The van der Waals surface area contributed by atoms with Gasteiger partial charge in [-0.2, -0.15) is 0 Å². The van der Waals surface area contributed by atoms with E-state index in [2.05, 4.69) is 9.97 Å². The van der Waals surface area contributed by atoms with Gasteiger partial charge in [0.2, 0.25) is 0 Å². The van der Waals surface area contributed by atoms with E-state index in [1.807, 2.05) is 52.4 Å². The van der Waals surface area contributed by atoms with Crippen LogP contribution in [0.5, 0.6) is 0 Å². The summed E-state index contributed by atoms with van der Waals surface area (Å²) < 4.78 is 3.77. The van der Waals surface area contributed by atoms with E-state index >= 15 is 0 Å². The summed E-state index contributed by atoms with van der Waals surface area (Å²) in [6, 6.07) is 5.80. The summed E-state index contributed by atoms with van der Waals surface area (Å²) in [6.45, 7) is 3.88. The van der Waals surface area contributed by atoms with Crippen LogP contribution < -0.4 is 5.56 Å². The molecule has 2 aliphatic rings. The first-order valence-corrected chi connectivity index (χ1v) is 9.93. The molecule has 3 aromatic rings. The molecule has 2 atom stereocenters. The Labute approximate surface area is 168 Å². The number of hydrogen-bond acceptors (Lipinski definition) is 4. The summed E-state index contributed by atoms with van der Waals surface area (Å²) >= 11 is 0. The van der Waals surface area contributed by atoms with Gasteiger partial charge in [0.25, 0.3) is 11.5 Å².